The summed E-state index contributed by atoms with van der Waals surface area (Å²) < 4.78 is 1.40. The molecule has 0 aliphatic rings. The minimum atomic E-state index is -0.638. The lowest BCUT2D eigenvalue weighted by atomic mass is 10.0. The number of anilines is 2. The van der Waals surface area contributed by atoms with Gasteiger partial charge in [-0.15, -0.1) is 24.8 Å². The van der Waals surface area contributed by atoms with Gasteiger partial charge in [-0.2, -0.15) is 0 Å². The van der Waals surface area contributed by atoms with Gasteiger partial charge in [0.25, 0.3) is 11.5 Å². The lowest BCUT2D eigenvalue weighted by molar-refractivity contribution is 0.102. The highest BCUT2D eigenvalue weighted by Crippen LogP contribution is 2.23. The number of pyridine rings is 1. The Bertz CT molecular complexity index is 1170. The van der Waals surface area contributed by atoms with Gasteiger partial charge in [-0.25, -0.2) is 9.78 Å². The number of aryl methyl sites for hydroxylation is 1. The van der Waals surface area contributed by atoms with E-state index < -0.39 is 17.2 Å². The predicted octanol–water partition coefficient (Wildman–Crippen LogP) is 3.30. The second-order valence-electron chi connectivity index (χ2n) is 6.90. The van der Waals surface area contributed by atoms with Gasteiger partial charge in [0.2, 0.25) is 0 Å². The van der Waals surface area contributed by atoms with Crippen LogP contribution in [-0.2, 0) is 6.54 Å². The molecule has 162 valence electrons. The van der Waals surface area contributed by atoms with E-state index in [9.17, 15) is 14.4 Å². The Kier molecular flexibility index (Phi) is 8.62. The average Bonchev–Trinajstić information content (AvgIpc) is 2.65. The molecule has 30 heavy (non-hydrogen) atoms. The van der Waals surface area contributed by atoms with Crippen LogP contribution in [0.2, 0.25) is 0 Å². The molecule has 0 bridgehead atoms. The van der Waals surface area contributed by atoms with Crippen molar-refractivity contribution in [2.24, 2.45) is 0 Å². The van der Waals surface area contributed by atoms with E-state index in [2.05, 4.69) is 15.3 Å². The molecule has 0 aliphatic heterocycles. The Labute approximate surface area is 185 Å². The average molecular weight is 454 g/mol. The molecule has 0 spiro atoms. The number of carbonyl (C=O) groups excluding carboxylic acids is 1. The first kappa shape index (κ1) is 25.2. The zero-order valence-electron chi connectivity index (χ0n) is 16.9. The van der Waals surface area contributed by atoms with Crippen LogP contribution in [0.3, 0.4) is 0 Å². The number of rotatable bonds is 5. The van der Waals surface area contributed by atoms with E-state index in [4.69, 9.17) is 5.73 Å². The molecule has 0 atom stereocenters. The van der Waals surface area contributed by atoms with E-state index in [1.165, 1.54) is 4.57 Å². The van der Waals surface area contributed by atoms with E-state index in [0.717, 1.165) is 0 Å². The van der Waals surface area contributed by atoms with Crippen molar-refractivity contribution in [2.45, 2.75) is 39.7 Å². The third-order valence-corrected chi connectivity index (χ3v) is 4.46. The van der Waals surface area contributed by atoms with E-state index in [1.54, 1.807) is 30.3 Å². The fraction of sp³-hybridized carbons (Fsp3) is 0.300. The smallest absolute Gasteiger partial charge is 0.329 e. The van der Waals surface area contributed by atoms with Crippen LogP contribution in [0.1, 0.15) is 49.2 Å². The van der Waals surface area contributed by atoms with Gasteiger partial charge in [-0.3, -0.25) is 19.1 Å². The summed E-state index contributed by atoms with van der Waals surface area (Å²) >= 11 is 0. The van der Waals surface area contributed by atoms with Gasteiger partial charge in [0.05, 0.1) is 22.3 Å². The molecule has 2 heterocycles. The predicted molar refractivity (Wildman–Crippen MR) is 124 cm³/mol. The molecule has 0 saturated heterocycles. The number of para-hydroxylation sites is 2. The van der Waals surface area contributed by atoms with Crippen molar-refractivity contribution >= 4 is 53.1 Å². The maximum absolute atomic E-state index is 13.0. The van der Waals surface area contributed by atoms with Crippen LogP contribution in [0, 0.1) is 0 Å². The largest absolute Gasteiger partial charge is 0.397 e. The van der Waals surface area contributed by atoms with Crippen molar-refractivity contribution in [2.75, 3.05) is 11.1 Å². The van der Waals surface area contributed by atoms with Crippen LogP contribution in [0.5, 0.6) is 0 Å². The second kappa shape index (κ2) is 10.3. The number of nitrogen functional groups attached to an aromatic ring is 1. The lowest BCUT2D eigenvalue weighted by Crippen LogP contribution is -2.32. The Morgan fingerprint density at radius 2 is 1.90 bits per heavy atom. The van der Waals surface area contributed by atoms with Gasteiger partial charge in [-0.05, 0) is 30.5 Å². The molecule has 3 rings (SSSR count). The quantitative estimate of drug-likeness (QED) is 0.511. The first-order chi connectivity index (χ1) is 13.3. The maximum Gasteiger partial charge on any atom is 0.329 e. The van der Waals surface area contributed by atoms with Crippen LogP contribution in [-0.4, -0.2) is 20.4 Å². The molecule has 0 saturated carbocycles. The summed E-state index contributed by atoms with van der Waals surface area (Å²) in [6.45, 7) is 6.16. The molecule has 2 aromatic heterocycles. The van der Waals surface area contributed by atoms with Crippen molar-refractivity contribution in [3.8, 4) is 0 Å². The van der Waals surface area contributed by atoms with Crippen molar-refractivity contribution in [1.82, 2.24) is 14.5 Å². The number of hydrogen-bond acceptors (Lipinski definition) is 5. The highest BCUT2D eigenvalue weighted by molar-refractivity contribution is 6.12. The zero-order chi connectivity index (χ0) is 20.4. The number of amides is 1. The molecular formula is C20H25Cl2N5O3. The minimum Gasteiger partial charge on any atom is -0.397 e. The molecule has 8 nitrogen and oxygen atoms in total. The first-order valence-corrected chi connectivity index (χ1v) is 9.17. The molecule has 1 aromatic carbocycles. The summed E-state index contributed by atoms with van der Waals surface area (Å²) in [5.74, 6) is -0.485. The first-order valence-electron chi connectivity index (χ1n) is 9.17. The van der Waals surface area contributed by atoms with E-state index in [-0.39, 0.29) is 47.3 Å². The molecule has 0 aliphatic carbocycles. The van der Waals surface area contributed by atoms with Crippen molar-refractivity contribution in [3.05, 3.63) is 62.4 Å². The molecule has 4 N–H and O–H groups in total. The van der Waals surface area contributed by atoms with Crippen LogP contribution < -0.4 is 22.3 Å². The fourth-order valence-electron chi connectivity index (χ4n) is 3.00. The van der Waals surface area contributed by atoms with Gasteiger partial charge in [0, 0.05) is 12.2 Å². The van der Waals surface area contributed by atoms with Gasteiger partial charge in [0.15, 0.2) is 5.65 Å². The van der Waals surface area contributed by atoms with Crippen molar-refractivity contribution in [1.29, 1.82) is 0 Å². The molecular weight excluding hydrogens is 429 g/mol. The van der Waals surface area contributed by atoms with Gasteiger partial charge in [0.1, 0.15) is 0 Å². The number of nitrogens with two attached hydrogens (primary N) is 1. The summed E-state index contributed by atoms with van der Waals surface area (Å²) in [5.41, 5.74) is 6.59. The molecule has 0 fully saturated rings. The maximum atomic E-state index is 13.0. The monoisotopic (exact) mass is 453 g/mol. The molecule has 3 aromatic rings. The summed E-state index contributed by atoms with van der Waals surface area (Å²) in [4.78, 5) is 44.7. The van der Waals surface area contributed by atoms with Gasteiger partial charge in [-0.1, -0.05) is 32.9 Å². The molecule has 10 heteroatoms. The molecule has 0 unspecified atom stereocenters. The Morgan fingerprint density at radius 1 is 1.23 bits per heavy atom. The van der Waals surface area contributed by atoms with Gasteiger partial charge < -0.3 is 11.1 Å². The number of halogens is 2. The third-order valence-electron chi connectivity index (χ3n) is 4.46. The number of fused-ring (bicyclic) bond motifs is 1. The number of H-pyrrole nitrogens is 1. The van der Waals surface area contributed by atoms with Crippen LogP contribution in [0.4, 0.5) is 11.4 Å². The minimum absolute atomic E-state index is 0. The summed E-state index contributed by atoms with van der Waals surface area (Å²) in [6, 6.07) is 8.46. The second-order valence-corrected chi connectivity index (χ2v) is 6.90. The topological polar surface area (TPSA) is 123 Å². The van der Waals surface area contributed by atoms with Crippen molar-refractivity contribution < 1.29 is 4.79 Å². The molecule has 0 radical (unpaired) electrons. The van der Waals surface area contributed by atoms with Crippen molar-refractivity contribution in [3.63, 3.8) is 0 Å². The highest BCUT2D eigenvalue weighted by atomic mass is 35.5. The summed E-state index contributed by atoms with van der Waals surface area (Å²) in [7, 11) is 0. The number of hydrogen-bond donors (Lipinski definition) is 3. The van der Waals surface area contributed by atoms with E-state index >= 15 is 0 Å². The number of nitrogens with zero attached hydrogens (tertiary/aromatic N) is 2. The van der Waals surface area contributed by atoms with E-state index in [1.807, 2.05) is 20.8 Å². The standard InChI is InChI=1S/C20H23N5O3.2ClH/c1-4-9-25-17-16(19(27)24-20(25)28)12(10-15(22-17)11(2)3)18(26)23-14-8-6-5-7-13(14)21;;/h5-8,10-11H,4,9,21H2,1-3H3,(H,23,26)(H,24,27,28);2*1H. The number of carbonyl (C=O) groups is 1. The Balaban J connectivity index is 0.00000225. The number of nitrogens with one attached hydrogen (secondary N) is 2. The number of aromatic amines is 1. The normalized spacial score (nSPS) is 10.4. The van der Waals surface area contributed by atoms with E-state index in [0.29, 0.717) is 30.0 Å². The highest BCUT2D eigenvalue weighted by Gasteiger charge is 2.20. The SMILES string of the molecule is CCCn1c(=O)[nH]c(=O)c2c(C(=O)Nc3ccccc3N)cc(C(C)C)nc21.Cl.Cl. The lowest BCUT2D eigenvalue weighted by Gasteiger charge is -2.15. The number of aromatic nitrogens is 3. The van der Waals surface area contributed by atoms with Gasteiger partial charge >= 0.3 is 5.69 Å². The zero-order valence-corrected chi connectivity index (χ0v) is 18.5. The Hall–Kier alpha value is -2.84. The third kappa shape index (κ3) is 4.83. The van der Waals surface area contributed by atoms with Crippen LogP contribution in [0.15, 0.2) is 39.9 Å². The summed E-state index contributed by atoms with van der Waals surface area (Å²) in [5, 5.41) is 2.83. The Morgan fingerprint density at radius 3 is 2.50 bits per heavy atom. The summed E-state index contributed by atoms with van der Waals surface area (Å²) in [6.07, 6.45) is 0.677. The van der Waals surface area contributed by atoms with Crippen LogP contribution in [0.25, 0.3) is 11.0 Å². The number of benzene rings is 1. The molecule has 1 amide bonds. The fourth-order valence-corrected chi connectivity index (χ4v) is 3.00. The van der Waals surface area contributed by atoms with Crippen LogP contribution >= 0.6 is 24.8 Å².